The number of aliphatic imine (C=N–C) groups is 1. The number of phenolic OH excluding ortho intramolecular Hbond substituents is 2. The summed E-state index contributed by atoms with van der Waals surface area (Å²) in [6, 6.07) is 6.88. The molecule has 2 aromatic carbocycles. The Labute approximate surface area is 134 Å². The van der Waals surface area contributed by atoms with Gasteiger partial charge in [0, 0.05) is 16.3 Å². The van der Waals surface area contributed by atoms with Crippen molar-refractivity contribution in [1.29, 1.82) is 0 Å². The predicted octanol–water partition coefficient (Wildman–Crippen LogP) is 4.99. The molecule has 0 fully saturated rings. The monoisotopic (exact) mass is 397 g/mol. The second-order valence-corrected chi connectivity index (χ2v) is 6.28. The SMILES string of the molecule is Cc1cc(O)cc(C)c1/N=C/c1cc(Br)cc(Br)c1O. The van der Waals surface area contributed by atoms with Gasteiger partial charge in [0.15, 0.2) is 0 Å². The van der Waals surface area contributed by atoms with Gasteiger partial charge in [0.1, 0.15) is 11.5 Å². The molecule has 0 amide bonds. The first kappa shape index (κ1) is 15.1. The Morgan fingerprint density at radius 2 is 1.60 bits per heavy atom. The first-order valence-electron chi connectivity index (χ1n) is 5.91. The highest BCUT2D eigenvalue weighted by molar-refractivity contribution is 9.11. The fourth-order valence-electron chi connectivity index (χ4n) is 1.96. The summed E-state index contributed by atoms with van der Waals surface area (Å²) in [5, 5.41) is 19.5. The van der Waals surface area contributed by atoms with Crippen LogP contribution in [0.15, 0.2) is 38.2 Å². The van der Waals surface area contributed by atoms with E-state index >= 15 is 0 Å². The van der Waals surface area contributed by atoms with Gasteiger partial charge in [0.05, 0.1) is 10.2 Å². The summed E-state index contributed by atoms with van der Waals surface area (Å²) in [5.74, 6) is 0.373. The van der Waals surface area contributed by atoms with E-state index in [0.717, 1.165) is 21.3 Å². The van der Waals surface area contributed by atoms with Crippen LogP contribution in [0.5, 0.6) is 11.5 Å². The van der Waals surface area contributed by atoms with E-state index in [1.54, 1.807) is 30.5 Å². The molecule has 2 aromatic rings. The molecule has 2 N–H and O–H groups in total. The molecule has 104 valence electrons. The molecule has 0 saturated carbocycles. The zero-order chi connectivity index (χ0) is 14.9. The number of halogens is 2. The minimum atomic E-state index is 0.144. The van der Waals surface area contributed by atoms with Crippen molar-refractivity contribution in [1.82, 2.24) is 0 Å². The first-order valence-corrected chi connectivity index (χ1v) is 7.49. The Morgan fingerprint density at radius 1 is 1.00 bits per heavy atom. The van der Waals surface area contributed by atoms with Crippen LogP contribution in [0.2, 0.25) is 0 Å². The molecular weight excluding hydrogens is 386 g/mol. The maximum absolute atomic E-state index is 9.98. The van der Waals surface area contributed by atoms with Gasteiger partial charge in [-0.3, -0.25) is 4.99 Å². The smallest absolute Gasteiger partial charge is 0.138 e. The van der Waals surface area contributed by atoms with Crippen LogP contribution in [0.3, 0.4) is 0 Å². The summed E-state index contributed by atoms with van der Waals surface area (Å²) in [4.78, 5) is 4.42. The summed E-state index contributed by atoms with van der Waals surface area (Å²) in [7, 11) is 0. The van der Waals surface area contributed by atoms with Crippen LogP contribution in [-0.2, 0) is 0 Å². The second kappa shape index (κ2) is 5.97. The van der Waals surface area contributed by atoms with Crippen molar-refractivity contribution in [2.75, 3.05) is 0 Å². The second-order valence-electron chi connectivity index (χ2n) is 4.51. The van der Waals surface area contributed by atoms with E-state index in [-0.39, 0.29) is 11.5 Å². The molecule has 3 nitrogen and oxygen atoms in total. The Balaban J connectivity index is 2.45. The van der Waals surface area contributed by atoms with Crippen LogP contribution in [0.4, 0.5) is 5.69 Å². The summed E-state index contributed by atoms with van der Waals surface area (Å²) in [6.45, 7) is 3.77. The third-order valence-corrected chi connectivity index (χ3v) is 3.93. The molecule has 0 radical (unpaired) electrons. The van der Waals surface area contributed by atoms with Gasteiger partial charge in [0.2, 0.25) is 0 Å². The first-order chi connectivity index (χ1) is 9.38. The molecule has 0 atom stereocenters. The van der Waals surface area contributed by atoms with Crippen molar-refractivity contribution in [2.24, 2.45) is 4.99 Å². The molecule has 2 rings (SSSR count). The molecule has 0 aliphatic heterocycles. The van der Waals surface area contributed by atoms with Gasteiger partial charge in [-0.25, -0.2) is 0 Å². The van der Waals surface area contributed by atoms with Gasteiger partial charge in [-0.15, -0.1) is 0 Å². The lowest BCUT2D eigenvalue weighted by atomic mass is 10.1. The zero-order valence-corrected chi connectivity index (χ0v) is 14.2. The van der Waals surface area contributed by atoms with Crippen LogP contribution in [-0.4, -0.2) is 16.4 Å². The Morgan fingerprint density at radius 3 is 2.20 bits per heavy atom. The number of hydrogen-bond acceptors (Lipinski definition) is 3. The Kier molecular flexibility index (Phi) is 4.50. The van der Waals surface area contributed by atoms with E-state index < -0.39 is 0 Å². The number of phenols is 2. The third kappa shape index (κ3) is 3.22. The van der Waals surface area contributed by atoms with Crippen LogP contribution >= 0.6 is 31.9 Å². The standard InChI is InChI=1S/C15H13Br2NO2/c1-8-3-12(19)4-9(2)14(8)18-7-10-5-11(16)6-13(17)15(10)20/h3-7,19-20H,1-2H3/b18-7+. The average Bonchev–Trinajstić information content (AvgIpc) is 2.33. The molecule has 0 unspecified atom stereocenters. The van der Waals surface area contributed by atoms with Gasteiger partial charge in [0.25, 0.3) is 0 Å². The lowest BCUT2D eigenvalue weighted by Gasteiger charge is -2.06. The van der Waals surface area contributed by atoms with Gasteiger partial charge in [-0.2, -0.15) is 0 Å². The summed E-state index contributed by atoms with van der Waals surface area (Å²) in [5.41, 5.74) is 3.16. The van der Waals surface area contributed by atoms with Crippen molar-refractivity contribution >= 4 is 43.8 Å². The number of rotatable bonds is 2. The van der Waals surface area contributed by atoms with Crippen LogP contribution in [0.1, 0.15) is 16.7 Å². The van der Waals surface area contributed by atoms with Crippen molar-refractivity contribution < 1.29 is 10.2 Å². The fourth-order valence-corrected chi connectivity index (χ4v) is 3.21. The summed E-state index contributed by atoms with van der Waals surface area (Å²) in [6.07, 6.45) is 1.61. The van der Waals surface area contributed by atoms with Gasteiger partial charge in [-0.1, -0.05) is 15.9 Å². The third-order valence-electron chi connectivity index (χ3n) is 2.87. The lowest BCUT2D eigenvalue weighted by molar-refractivity contribution is 0.471. The minimum Gasteiger partial charge on any atom is -0.508 e. The topological polar surface area (TPSA) is 52.8 Å². The van der Waals surface area contributed by atoms with Gasteiger partial charge >= 0.3 is 0 Å². The molecule has 0 bridgehead atoms. The van der Waals surface area contributed by atoms with Crippen LogP contribution in [0.25, 0.3) is 0 Å². The highest BCUT2D eigenvalue weighted by Gasteiger charge is 2.07. The van der Waals surface area contributed by atoms with Crippen LogP contribution < -0.4 is 0 Å². The minimum absolute atomic E-state index is 0.144. The van der Waals surface area contributed by atoms with Gasteiger partial charge in [-0.05, 0) is 65.2 Å². The van der Waals surface area contributed by atoms with E-state index in [2.05, 4.69) is 36.9 Å². The molecule has 0 spiro atoms. The molecule has 0 aromatic heterocycles. The van der Waals surface area contributed by atoms with Crippen molar-refractivity contribution in [3.8, 4) is 11.5 Å². The molecule has 0 aliphatic carbocycles. The quantitative estimate of drug-likeness (QED) is 0.700. The highest BCUT2D eigenvalue weighted by Crippen LogP contribution is 2.32. The number of aromatic hydroxyl groups is 2. The van der Waals surface area contributed by atoms with Gasteiger partial charge < -0.3 is 10.2 Å². The predicted molar refractivity (Wildman–Crippen MR) is 88.3 cm³/mol. The van der Waals surface area contributed by atoms with Crippen molar-refractivity contribution in [2.45, 2.75) is 13.8 Å². The number of benzene rings is 2. The fraction of sp³-hybridized carbons (Fsp3) is 0.133. The molecule has 0 saturated heterocycles. The summed E-state index contributed by atoms with van der Waals surface area (Å²) >= 11 is 6.66. The lowest BCUT2D eigenvalue weighted by Crippen LogP contribution is -1.86. The molecular formula is C15H13Br2NO2. The average molecular weight is 399 g/mol. The maximum Gasteiger partial charge on any atom is 0.138 e. The maximum atomic E-state index is 9.98. The highest BCUT2D eigenvalue weighted by atomic mass is 79.9. The van der Waals surface area contributed by atoms with Crippen LogP contribution in [0, 0.1) is 13.8 Å². The van der Waals surface area contributed by atoms with E-state index in [0.29, 0.717) is 10.0 Å². The molecule has 20 heavy (non-hydrogen) atoms. The Bertz CT molecular complexity index is 674. The molecule has 5 heteroatoms. The Hall–Kier alpha value is -1.33. The normalized spacial score (nSPS) is 11.2. The van der Waals surface area contributed by atoms with Crippen molar-refractivity contribution in [3.05, 3.63) is 49.9 Å². The van der Waals surface area contributed by atoms with E-state index in [4.69, 9.17) is 0 Å². The van der Waals surface area contributed by atoms with Crippen molar-refractivity contribution in [3.63, 3.8) is 0 Å². The van der Waals surface area contributed by atoms with E-state index in [1.165, 1.54) is 0 Å². The van der Waals surface area contributed by atoms with E-state index in [1.807, 2.05) is 13.8 Å². The summed E-state index contributed by atoms with van der Waals surface area (Å²) < 4.78 is 1.45. The number of hydrogen-bond donors (Lipinski definition) is 2. The van der Waals surface area contributed by atoms with E-state index in [9.17, 15) is 10.2 Å². The molecule has 0 heterocycles. The zero-order valence-electron chi connectivity index (χ0n) is 11.0. The molecule has 0 aliphatic rings. The number of nitrogens with zero attached hydrogens (tertiary/aromatic N) is 1. The number of aryl methyl sites for hydroxylation is 2. The largest absolute Gasteiger partial charge is 0.508 e.